The number of rotatable bonds is 7. The number of nitrogens with zero attached hydrogens (tertiary/aromatic N) is 1. The van der Waals surface area contributed by atoms with Crippen LogP contribution < -0.4 is 0 Å². The number of methoxy groups -OCH3 is 1. The Kier molecular flexibility index (Phi) is 7.01. The van der Waals surface area contributed by atoms with Crippen molar-refractivity contribution in [1.29, 1.82) is 0 Å². The summed E-state index contributed by atoms with van der Waals surface area (Å²) in [7, 11) is 1.34. The third kappa shape index (κ3) is 5.35. The van der Waals surface area contributed by atoms with Gasteiger partial charge in [-0.25, -0.2) is 4.79 Å². The number of carbonyl (C=O) groups is 2. The second-order valence-corrected chi connectivity index (χ2v) is 5.52. The maximum absolute atomic E-state index is 12.6. The van der Waals surface area contributed by atoms with Crippen LogP contribution >= 0.6 is 0 Å². The highest BCUT2D eigenvalue weighted by Gasteiger charge is 2.29. The zero-order valence-electron chi connectivity index (χ0n) is 14.6. The van der Waals surface area contributed by atoms with Gasteiger partial charge in [0.1, 0.15) is 0 Å². The van der Waals surface area contributed by atoms with Gasteiger partial charge in [0.2, 0.25) is 0 Å². The molecule has 1 unspecified atom stereocenters. The summed E-state index contributed by atoms with van der Waals surface area (Å²) in [6.07, 6.45) is -0.393. The molecule has 0 radical (unpaired) electrons. The first-order valence-electron chi connectivity index (χ1n) is 8.24. The minimum atomic E-state index is -0.465. The first-order valence-corrected chi connectivity index (χ1v) is 8.24. The maximum atomic E-state index is 12.6. The van der Waals surface area contributed by atoms with E-state index in [0.29, 0.717) is 6.54 Å². The van der Waals surface area contributed by atoms with E-state index in [1.54, 1.807) is 11.8 Å². The second-order valence-electron chi connectivity index (χ2n) is 5.52. The van der Waals surface area contributed by atoms with Gasteiger partial charge in [-0.1, -0.05) is 60.7 Å². The molecule has 25 heavy (non-hydrogen) atoms. The van der Waals surface area contributed by atoms with Gasteiger partial charge >= 0.3 is 12.1 Å². The molecule has 0 aromatic heterocycles. The highest BCUT2D eigenvalue weighted by molar-refractivity contribution is 5.73. The molecule has 0 aliphatic heterocycles. The molecule has 0 heterocycles. The van der Waals surface area contributed by atoms with Gasteiger partial charge < -0.3 is 9.47 Å². The topological polar surface area (TPSA) is 55.8 Å². The molecule has 132 valence electrons. The molecule has 0 N–H and O–H groups in total. The van der Waals surface area contributed by atoms with Crippen molar-refractivity contribution >= 4 is 12.1 Å². The van der Waals surface area contributed by atoms with E-state index in [2.05, 4.69) is 0 Å². The number of carbonyl (C=O) groups excluding carboxylic acids is 2. The molecule has 2 rings (SSSR count). The van der Waals surface area contributed by atoms with Gasteiger partial charge in [0.15, 0.2) is 0 Å². The Labute approximate surface area is 148 Å². The molecule has 2 aromatic carbocycles. The Balaban J connectivity index is 2.36. The Morgan fingerprint density at radius 3 is 2.16 bits per heavy atom. The fraction of sp³-hybridized carbons (Fsp3) is 0.300. The second kappa shape index (κ2) is 9.47. The average molecular weight is 341 g/mol. The van der Waals surface area contributed by atoms with E-state index in [1.807, 2.05) is 60.7 Å². The number of ether oxygens (including phenoxy) is 2. The van der Waals surface area contributed by atoms with Crippen LogP contribution in [-0.2, 0) is 20.8 Å². The van der Waals surface area contributed by atoms with Gasteiger partial charge in [-0.15, -0.1) is 0 Å². The smallest absolute Gasteiger partial charge is 0.410 e. The predicted molar refractivity (Wildman–Crippen MR) is 94.8 cm³/mol. The summed E-state index contributed by atoms with van der Waals surface area (Å²) in [5, 5.41) is 0. The lowest BCUT2D eigenvalue weighted by atomic mass is 10.0. The van der Waals surface area contributed by atoms with Crippen LogP contribution in [0.1, 0.15) is 30.5 Å². The highest BCUT2D eigenvalue weighted by Crippen LogP contribution is 2.27. The summed E-state index contributed by atoms with van der Waals surface area (Å²) in [5.41, 5.74) is 1.82. The number of benzene rings is 2. The molecule has 0 fully saturated rings. The third-order valence-corrected chi connectivity index (χ3v) is 3.85. The Bertz CT molecular complexity index is 673. The van der Waals surface area contributed by atoms with Crippen molar-refractivity contribution in [3.8, 4) is 0 Å². The van der Waals surface area contributed by atoms with E-state index in [1.165, 1.54) is 7.11 Å². The van der Waals surface area contributed by atoms with Crippen LogP contribution in [0.3, 0.4) is 0 Å². The summed E-state index contributed by atoms with van der Waals surface area (Å²) in [6.45, 7) is 2.37. The quantitative estimate of drug-likeness (QED) is 0.716. The van der Waals surface area contributed by atoms with Crippen molar-refractivity contribution in [3.63, 3.8) is 0 Å². The van der Waals surface area contributed by atoms with Crippen LogP contribution in [0.5, 0.6) is 0 Å². The fourth-order valence-electron chi connectivity index (χ4n) is 2.61. The fourth-order valence-corrected chi connectivity index (χ4v) is 2.61. The molecule has 0 saturated carbocycles. The summed E-state index contributed by atoms with van der Waals surface area (Å²) in [5.74, 6) is -0.379. The van der Waals surface area contributed by atoms with E-state index < -0.39 is 12.1 Å². The van der Waals surface area contributed by atoms with E-state index in [4.69, 9.17) is 9.47 Å². The van der Waals surface area contributed by atoms with Crippen molar-refractivity contribution in [2.45, 2.75) is 25.9 Å². The number of esters is 1. The van der Waals surface area contributed by atoms with Crippen LogP contribution in [0.2, 0.25) is 0 Å². The SMILES string of the molecule is CCOC(=O)N(Cc1ccccc1)C(CC(=O)OC)c1ccccc1. The van der Waals surface area contributed by atoms with Crippen molar-refractivity contribution < 1.29 is 19.1 Å². The van der Waals surface area contributed by atoms with Gasteiger partial charge in [0.05, 0.1) is 26.2 Å². The standard InChI is InChI=1S/C20H23NO4/c1-3-25-20(23)21(15-16-10-6-4-7-11-16)18(14-19(22)24-2)17-12-8-5-9-13-17/h4-13,18H,3,14-15H2,1-2H3. The summed E-state index contributed by atoms with van der Waals surface area (Å²) in [4.78, 5) is 26.1. The molecule has 1 atom stereocenters. The van der Waals surface area contributed by atoms with Gasteiger partial charge in [-0.05, 0) is 18.1 Å². The Morgan fingerprint density at radius 1 is 1.00 bits per heavy atom. The third-order valence-electron chi connectivity index (χ3n) is 3.85. The molecular weight excluding hydrogens is 318 g/mol. The molecule has 0 aliphatic carbocycles. The molecule has 0 spiro atoms. The summed E-state index contributed by atoms with van der Waals surface area (Å²) < 4.78 is 10.1. The Morgan fingerprint density at radius 2 is 1.60 bits per heavy atom. The highest BCUT2D eigenvalue weighted by atomic mass is 16.6. The van der Waals surface area contributed by atoms with Crippen LogP contribution in [0.15, 0.2) is 60.7 Å². The molecule has 5 heteroatoms. The van der Waals surface area contributed by atoms with E-state index >= 15 is 0 Å². The van der Waals surface area contributed by atoms with Gasteiger partial charge in [-0.3, -0.25) is 9.69 Å². The van der Waals surface area contributed by atoms with E-state index in [0.717, 1.165) is 11.1 Å². The van der Waals surface area contributed by atoms with Crippen molar-refractivity contribution in [2.24, 2.45) is 0 Å². The first-order chi connectivity index (χ1) is 12.2. The lowest BCUT2D eigenvalue weighted by Crippen LogP contribution is -2.36. The van der Waals surface area contributed by atoms with Gasteiger partial charge in [0, 0.05) is 6.54 Å². The van der Waals surface area contributed by atoms with E-state index in [-0.39, 0.29) is 19.0 Å². The molecule has 2 aromatic rings. The van der Waals surface area contributed by atoms with Crippen molar-refractivity contribution in [2.75, 3.05) is 13.7 Å². The monoisotopic (exact) mass is 341 g/mol. The van der Waals surface area contributed by atoms with Crippen molar-refractivity contribution in [1.82, 2.24) is 4.90 Å². The molecular formula is C20H23NO4. The zero-order valence-corrected chi connectivity index (χ0v) is 14.6. The zero-order chi connectivity index (χ0) is 18.1. The minimum absolute atomic E-state index is 0.0617. The Hall–Kier alpha value is -2.82. The first kappa shape index (κ1) is 18.5. The predicted octanol–water partition coefficient (Wildman–Crippen LogP) is 3.95. The lowest BCUT2D eigenvalue weighted by molar-refractivity contribution is -0.142. The van der Waals surface area contributed by atoms with Crippen LogP contribution in [0.4, 0.5) is 4.79 Å². The maximum Gasteiger partial charge on any atom is 0.410 e. The molecule has 5 nitrogen and oxygen atoms in total. The minimum Gasteiger partial charge on any atom is -0.469 e. The van der Waals surface area contributed by atoms with Crippen LogP contribution in [-0.4, -0.2) is 30.7 Å². The molecule has 0 bridgehead atoms. The largest absolute Gasteiger partial charge is 0.469 e. The van der Waals surface area contributed by atoms with Gasteiger partial charge in [0.25, 0.3) is 0 Å². The number of hydrogen-bond donors (Lipinski definition) is 0. The normalized spacial score (nSPS) is 11.4. The number of amides is 1. The summed E-state index contributed by atoms with van der Waals surface area (Å²) in [6, 6.07) is 18.6. The molecule has 0 saturated heterocycles. The summed E-state index contributed by atoms with van der Waals surface area (Å²) >= 11 is 0. The van der Waals surface area contributed by atoms with Crippen molar-refractivity contribution in [3.05, 3.63) is 71.8 Å². The van der Waals surface area contributed by atoms with E-state index in [9.17, 15) is 9.59 Å². The average Bonchev–Trinajstić information content (AvgIpc) is 2.66. The lowest BCUT2D eigenvalue weighted by Gasteiger charge is -2.31. The molecule has 0 aliphatic rings. The molecule has 1 amide bonds. The van der Waals surface area contributed by atoms with Crippen LogP contribution in [0.25, 0.3) is 0 Å². The van der Waals surface area contributed by atoms with Crippen LogP contribution in [0, 0.1) is 0 Å². The van der Waals surface area contributed by atoms with Gasteiger partial charge in [-0.2, -0.15) is 0 Å². The number of hydrogen-bond acceptors (Lipinski definition) is 4.